The highest BCUT2D eigenvalue weighted by molar-refractivity contribution is 7.93. The Morgan fingerprint density at radius 3 is 2.71 bits per heavy atom. The van der Waals surface area contributed by atoms with Crippen LogP contribution in [0.25, 0.3) is 11.1 Å². The number of hydrogen-bond donors (Lipinski definition) is 1. The van der Waals surface area contributed by atoms with Crippen LogP contribution in [0.3, 0.4) is 0 Å². The van der Waals surface area contributed by atoms with Gasteiger partial charge in [-0.15, -0.1) is 11.3 Å². The fourth-order valence-electron chi connectivity index (χ4n) is 2.95. The van der Waals surface area contributed by atoms with Crippen LogP contribution in [0.1, 0.15) is 16.0 Å². The third kappa shape index (κ3) is 4.35. The van der Waals surface area contributed by atoms with E-state index >= 15 is 0 Å². The minimum Gasteiger partial charge on any atom is -0.408 e. The first-order valence-corrected chi connectivity index (χ1v) is 11.1. The molecule has 0 aliphatic carbocycles. The number of anilines is 1. The number of rotatable bonds is 5. The van der Waals surface area contributed by atoms with Gasteiger partial charge in [0.2, 0.25) is 0 Å². The van der Waals surface area contributed by atoms with Gasteiger partial charge in [0.1, 0.15) is 0 Å². The number of alkyl halides is 3. The van der Waals surface area contributed by atoms with Gasteiger partial charge in [0.15, 0.2) is 10.7 Å². The van der Waals surface area contributed by atoms with Crippen LogP contribution >= 0.6 is 11.3 Å². The van der Waals surface area contributed by atoms with Crippen molar-refractivity contribution in [1.82, 2.24) is 9.55 Å². The average molecular weight is 469 g/mol. The number of sulfonamides is 1. The zero-order valence-electron chi connectivity index (χ0n) is 15.8. The number of oxazole rings is 1. The molecule has 2 heterocycles. The van der Waals surface area contributed by atoms with Crippen molar-refractivity contribution in [3.05, 3.63) is 75.2 Å². The van der Waals surface area contributed by atoms with Gasteiger partial charge in [-0.05, 0) is 23.8 Å². The van der Waals surface area contributed by atoms with Gasteiger partial charge in [-0.1, -0.05) is 18.2 Å². The van der Waals surface area contributed by atoms with Gasteiger partial charge in [-0.25, -0.2) is 18.2 Å². The number of halogens is 3. The fraction of sp³-hybridized carbons (Fsp3) is 0.158. The maximum atomic E-state index is 12.9. The molecular formula is C19H14F3N3O4S2. The smallest absolute Gasteiger partial charge is 0.408 e. The lowest BCUT2D eigenvalue weighted by atomic mass is 10.1. The Morgan fingerprint density at radius 2 is 1.97 bits per heavy atom. The molecule has 162 valence electrons. The first kappa shape index (κ1) is 21.1. The minimum absolute atomic E-state index is 0.0663. The van der Waals surface area contributed by atoms with Crippen LogP contribution in [0.5, 0.6) is 0 Å². The zero-order chi connectivity index (χ0) is 22.4. The number of aromatic nitrogens is 2. The monoisotopic (exact) mass is 469 g/mol. The van der Waals surface area contributed by atoms with Crippen molar-refractivity contribution in [2.45, 2.75) is 17.5 Å². The summed E-state index contributed by atoms with van der Waals surface area (Å²) >= 11 is 1.01. The van der Waals surface area contributed by atoms with Gasteiger partial charge < -0.3 is 4.42 Å². The standard InChI is InChI=1S/C19H14F3N3O4S2/c1-25-15-6-5-14(9-16(15)29-18(25)26)31(27,28)24-17-23-10-13(30-17)8-11-3-2-4-12(7-11)19(20,21)22/h2-7,9-10H,8H2,1H3,(H,23,24). The van der Waals surface area contributed by atoms with Crippen LogP contribution in [-0.4, -0.2) is 18.0 Å². The van der Waals surface area contributed by atoms with Crippen LogP contribution in [0.2, 0.25) is 0 Å². The number of nitrogens with one attached hydrogen (secondary N) is 1. The summed E-state index contributed by atoms with van der Waals surface area (Å²) in [5, 5.41) is 0.0663. The Labute approximate surface area is 177 Å². The molecular weight excluding hydrogens is 455 g/mol. The van der Waals surface area contributed by atoms with Gasteiger partial charge in [0, 0.05) is 30.6 Å². The van der Waals surface area contributed by atoms with Crippen molar-refractivity contribution in [2.24, 2.45) is 7.05 Å². The lowest BCUT2D eigenvalue weighted by Gasteiger charge is -2.08. The Bertz CT molecular complexity index is 1440. The van der Waals surface area contributed by atoms with Crippen LogP contribution in [0, 0.1) is 0 Å². The van der Waals surface area contributed by atoms with E-state index < -0.39 is 27.5 Å². The Kier molecular flexibility index (Phi) is 5.13. The largest absolute Gasteiger partial charge is 0.419 e. The number of nitrogens with zero attached hydrogens (tertiary/aromatic N) is 2. The molecule has 1 N–H and O–H groups in total. The number of benzene rings is 2. The predicted molar refractivity (Wildman–Crippen MR) is 109 cm³/mol. The maximum Gasteiger partial charge on any atom is 0.419 e. The van der Waals surface area contributed by atoms with Crippen LogP contribution in [-0.2, 0) is 29.7 Å². The van der Waals surface area contributed by atoms with Gasteiger partial charge in [0.25, 0.3) is 10.0 Å². The summed E-state index contributed by atoms with van der Waals surface area (Å²) in [4.78, 5) is 16.0. The Balaban J connectivity index is 1.54. The SMILES string of the molecule is Cn1c(=O)oc2cc(S(=O)(=O)Nc3ncc(Cc4cccc(C(F)(F)F)c4)s3)ccc21. The number of thiazole rings is 1. The van der Waals surface area contributed by atoms with E-state index in [0.29, 0.717) is 16.0 Å². The lowest BCUT2D eigenvalue weighted by molar-refractivity contribution is -0.137. The molecule has 12 heteroatoms. The molecule has 31 heavy (non-hydrogen) atoms. The molecule has 0 aliphatic rings. The molecule has 0 saturated heterocycles. The molecule has 0 amide bonds. The lowest BCUT2D eigenvalue weighted by Crippen LogP contribution is -2.12. The second-order valence-corrected chi connectivity index (χ2v) is 9.47. The van der Waals surface area contributed by atoms with E-state index in [4.69, 9.17) is 4.42 Å². The van der Waals surface area contributed by atoms with Crippen molar-refractivity contribution in [1.29, 1.82) is 0 Å². The average Bonchev–Trinajstić information content (AvgIpc) is 3.24. The molecule has 0 fully saturated rings. The molecule has 2 aromatic carbocycles. The Morgan fingerprint density at radius 1 is 1.19 bits per heavy atom. The van der Waals surface area contributed by atoms with Crippen molar-refractivity contribution in [3.8, 4) is 0 Å². The summed E-state index contributed by atoms with van der Waals surface area (Å²) in [6, 6.07) is 8.93. The minimum atomic E-state index is -4.44. The van der Waals surface area contributed by atoms with E-state index in [-0.39, 0.29) is 22.0 Å². The molecule has 0 saturated carbocycles. The molecule has 0 bridgehead atoms. The number of aryl methyl sites for hydroxylation is 1. The number of hydrogen-bond acceptors (Lipinski definition) is 6. The van der Waals surface area contributed by atoms with E-state index in [1.54, 1.807) is 6.07 Å². The first-order valence-electron chi connectivity index (χ1n) is 8.76. The predicted octanol–water partition coefficient (Wildman–Crippen LogP) is 4.00. The van der Waals surface area contributed by atoms with Crippen LogP contribution in [0.15, 0.2) is 62.8 Å². The third-order valence-electron chi connectivity index (χ3n) is 4.48. The quantitative estimate of drug-likeness (QED) is 0.477. The second kappa shape index (κ2) is 7.54. The fourth-order valence-corrected chi connectivity index (χ4v) is 5.05. The maximum absolute atomic E-state index is 12.9. The van der Waals surface area contributed by atoms with Crippen molar-refractivity contribution >= 4 is 37.6 Å². The summed E-state index contributed by atoms with van der Waals surface area (Å²) < 4.78 is 72.5. The molecule has 4 aromatic rings. The van der Waals surface area contributed by atoms with Crippen LogP contribution < -0.4 is 10.5 Å². The zero-order valence-corrected chi connectivity index (χ0v) is 17.4. The third-order valence-corrected chi connectivity index (χ3v) is 6.86. The molecule has 4 rings (SSSR count). The highest BCUT2D eigenvalue weighted by Crippen LogP contribution is 2.31. The van der Waals surface area contributed by atoms with E-state index in [2.05, 4.69) is 9.71 Å². The van der Waals surface area contributed by atoms with Crippen molar-refractivity contribution < 1.29 is 26.0 Å². The molecule has 0 unspecified atom stereocenters. The van der Waals surface area contributed by atoms with Crippen molar-refractivity contribution in [3.63, 3.8) is 0 Å². The van der Waals surface area contributed by atoms with Gasteiger partial charge in [-0.2, -0.15) is 13.2 Å². The molecule has 0 spiro atoms. The van der Waals surface area contributed by atoms with Crippen molar-refractivity contribution in [2.75, 3.05) is 4.72 Å². The number of fused-ring (bicyclic) bond motifs is 1. The van der Waals surface area contributed by atoms with E-state index in [0.717, 1.165) is 23.5 Å². The Hall–Kier alpha value is -3.12. The summed E-state index contributed by atoms with van der Waals surface area (Å²) in [5.74, 6) is -0.614. The molecule has 0 aliphatic heterocycles. The van der Waals surface area contributed by atoms with E-state index in [9.17, 15) is 26.4 Å². The summed E-state index contributed by atoms with van der Waals surface area (Å²) in [6.07, 6.45) is -2.86. The first-order chi connectivity index (χ1) is 14.5. The topological polar surface area (TPSA) is 94.2 Å². The summed E-state index contributed by atoms with van der Waals surface area (Å²) in [7, 11) is -2.51. The molecule has 7 nitrogen and oxygen atoms in total. The van der Waals surface area contributed by atoms with Gasteiger partial charge in [0.05, 0.1) is 16.0 Å². The molecule has 0 atom stereocenters. The van der Waals surface area contributed by atoms with E-state index in [1.165, 1.54) is 42.1 Å². The highest BCUT2D eigenvalue weighted by Gasteiger charge is 2.30. The summed E-state index contributed by atoms with van der Waals surface area (Å²) in [6.45, 7) is 0. The van der Waals surface area contributed by atoms with Gasteiger partial charge in [-0.3, -0.25) is 9.29 Å². The molecule has 2 aromatic heterocycles. The molecule has 0 radical (unpaired) electrons. The highest BCUT2D eigenvalue weighted by atomic mass is 32.2. The van der Waals surface area contributed by atoms with Crippen LogP contribution in [0.4, 0.5) is 18.3 Å². The second-order valence-electron chi connectivity index (χ2n) is 6.67. The van der Waals surface area contributed by atoms with Gasteiger partial charge >= 0.3 is 11.9 Å². The van der Waals surface area contributed by atoms with E-state index in [1.807, 2.05) is 0 Å². The summed E-state index contributed by atoms with van der Waals surface area (Å²) in [5.41, 5.74) is 0.247. The normalized spacial score (nSPS) is 12.4.